The van der Waals surface area contributed by atoms with Gasteiger partial charge in [0.25, 0.3) is 11.9 Å². The van der Waals surface area contributed by atoms with Crippen LogP contribution in [0.1, 0.15) is 11.9 Å². The van der Waals surface area contributed by atoms with E-state index in [0.717, 1.165) is 6.07 Å². The first-order chi connectivity index (χ1) is 6.02. The molecule has 0 saturated heterocycles. The van der Waals surface area contributed by atoms with Crippen LogP contribution in [0.5, 0.6) is 0 Å². The molecule has 0 aliphatic carbocycles. The van der Waals surface area contributed by atoms with Crippen molar-refractivity contribution in [1.82, 2.24) is 9.78 Å². The number of rotatable bonds is 2. The fourth-order valence-corrected chi connectivity index (χ4v) is 0.783. The smallest absolute Gasteiger partial charge is 0.361 e. The third kappa shape index (κ3) is 1.90. The second-order valence-corrected chi connectivity index (χ2v) is 2.49. The summed E-state index contributed by atoms with van der Waals surface area (Å²) >= 11 is 0. The number of nitrogens with zero attached hydrogens (tertiary/aromatic N) is 2. The zero-order chi connectivity index (χ0) is 10.0. The SMILES string of the molecule is Cc1cnn(C(F)C(=O)O)c(=O)c1. The number of hydrogen-bond donors (Lipinski definition) is 1. The average Bonchev–Trinajstić information content (AvgIpc) is 2.03. The fraction of sp³-hybridized carbons (Fsp3) is 0.286. The quantitative estimate of drug-likeness (QED) is 0.711. The maximum absolute atomic E-state index is 12.8. The molecule has 1 N–H and O–H groups in total. The lowest BCUT2D eigenvalue weighted by molar-refractivity contribution is -0.147. The van der Waals surface area contributed by atoms with Crippen molar-refractivity contribution < 1.29 is 14.3 Å². The molecule has 0 amide bonds. The molecule has 0 bridgehead atoms. The van der Waals surface area contributed by atoms with Gasteiger partial charge in [-0.25, -0.2) is 9.18 Å². The van der Waals surface area contributed by atoms with Gasteiger partial charge >= 0.3 is 5.97 Å². The molecule has 1 aromatic heterocycles. The van der Waals surface area contributed by atoms with E-state index in [4.69, 9.17) is 5.11 Å². The maximum Gasteiger partial charge on any atom is 0.361 e. The summed E-state index contributed by atoms with van der Waals surface area (Å²) in [5.41, 5.74) is -0.214. The predicted molar refractivity (Wildman–Crippen MR) is 41.0 cm³/mol. The van der Waals surface area contributed by atoms with E-state index < -0.39 is 17.8 Å². The number of halogens is 1. The molecular weight excluding hydrogens is 179 g/mol. The van der Waals surface area contributed by atoms with Crippen molar-refractivity contribution in [2.75, 3.05) is 0 Å². The van der Waals surface area contributed by atoms with Crippen LogP contribution < -0.4 is 5.56 Å². The van der Waals surface area contributed by atoms with Crippen molar-refractivity contribution >= 4 is 5.97 Å². The monoisotopic (exact) mass is 186 g/mol. The topological polar surface area (TPSA) is 72.2 Å². The molecular formula is C7H7FN2O3. The number of carboxylic acids is 1. The highest BCUT2D eigenvalue weighted by molar-refractivity contribution is 5.69. The molecule has 6 heteroatoms. The maximum atomic E-state index is 12.8. The van der Waals surface area contributed by atoms with Crippen molar-refractivity contribution in [2.24, 2.45) is 0 Å². The lowest BCUT2D eigenvalue weighted by Gasteiger charge is -2.04. The predicted octanol–water partition coefficient (Wildman–Crippen LogP) is 0.104. The van der Waals surface area contributed by atoms with E-state index in [1.807, 2.05) is 0 Å². The first-order valence-electron chi connectivity index (χ1n) is 3.44. The summed E-state index contributed by atoms with van der Waals surface area (Å²) in [6.07, 6.45) is -1.20. The molecule has 0 radical (unpaired) electrons. The minimum absolute atomic E-state index is 0.273. The molecule has 1 aromatic rings. The van der Waals surface area contributed by atoms with Crippen LogP contribution in [0.15, 0.2) is 17.1 Å². The van der Waals surface area contributed by atoms with Crippen molar-refractivity contribution in [3.05, 3.63) is 28.2 Å². The summed E-state index contributed by atoms with van der Waals surface area (Å²) in [6, 6.07) is 1.11. The van der Waals surface area contributed by atoms with E-state index in [-0.39, 0.29) is 4.68 Å². The van der Waals surface area contributed by atoms with Gasteiger partial charge in [-0.05, 0) is 12.5 Å². The molecule has 70 valence electrons. The molecule has 0 spiro atoms. The van der Waals surface area contributed by atoms with Crippen LogP contribution in [0.2, 0.25) is 0 Å². The molecule has 0 fully saturated rings. The van der Waals surface area contributed by atoms with E-state index in [0.29, 0.717) is 5.56 Å². The van der Waals surface area contributed by atoms with Crippen molar-refractivity contribution in [1.29, 1.82) is 0 Å². The van der Waals surface area contributed by atoms with Gasteiger partial charge in [-0.2, -0.15) is 9.78 Å². The zero-order valence-electron chi connectivity index (χ0n) is 6.77. The van der Waals surface area contributed by atoms with Gasteiger partial charge < -0.3 is 5.11 Å². The Kier molecular flexibility index (Phi) is 2.41. The highest BCUT2D eigenvalue weighted by Gasteiger charge is 2.19. The number of carbonyl (C=O) groups is 1. The van der Waals surface area contributed by atoms with Crippen LogP contribution in [0, 0.1) is 6.92 Å². The Bertz CT molecular complexity index is 388. The Labute approximate surface area is 72.4 Å². The molecule has 1 atom stereocenters. The molecule has 1 unspecified atom stereocenters. The highest BCUT2D eigenvalue weighted by atomic mass is 19.1. The number of aliphatic carboxylic acids is 1. The van der Waals surface area contributed by atoms with Crippen LogP contribution in [0.4, 0.5) is 4.39 Å². The summed E-state index contributed by atoms with van der Waals surface area (Å²) in [7, 11) is 0. The Hall–Kier alpha value is -1.72. The van der Waals surface area contributed by atoms with Gasteiger partial charge in [0.05, 0.1) is 6.20 Å². The van der Waals surface area contributed by atoms with Crippen LogP contribution in [0.25, 0.3) is 0 Å². The Morgan fingerprint density at radius 1 is 1.77 bits per heavy atom. The van der Waals surface area contributed by atoms with E-state index >= 15 is 0 Å². The summed E-state index contributed by atoms with van der Waals surface area (Å²) in [5.74, 6) is -1.74. The molecule has 1 rings (SSSR count). The number of hydrogen-bond acceptors (Lipinski definition) is 3. The zero-order valence-corrected chi connectivity index (χ0v) is 6.77. The largest absolute Gasteiger partial charge is 0.478 e. The third-order valence-electron chi connectivity index (χ3n) is 1.38. The summed E-state index contributed by atoms with van der Waals surface area (Å²) < 4.78 is 13.0. The molecule has 5 nitrogen and oxygen atoms in total. The normalized spacial score (nSPS) is 12.5. The summed E-state index contributed by atoms with van der Waals surface area (Å²) in [6.45, 7) is 1.60. The van der Waals surface area contributed by atoms with Crippen molar-refractivity contribution in [3.8, 4) is 0 Å². The average molecular weight is 186 g/mol. The van der Waals surface area contributed by atoms with Crippen LogP contribution >= 0.6 is 0 Å². The van der Waals surface area contributed by atoms with Gasteiger partial charge in [0.15, 0.2) is 0 Å². The van der Waals surface area contributed by atoms with Gasteiger partial charge in [-0.3, -0.25) is 4.79 Å². The summed E-state index contributed by atoms with van der Waals surface area (Å²) in [5, 5.41) is 11.6. The van der Waals surface area contributed by atoms with Gasteiger partial charge in [-0.1, -0.05) is 0 Å². The molecule has 13 heavy (non-hydrogen) atoms. The standard InChI is InChI=1S/C7H7FN2O3/c1-4-2-5(11)10(9-3-4)6(8)7(12)13/h2-3,6H,1H3,(H,12,13). The molecule has 0 saturated carbocycles. The Morgan fingerprint density at radius 2 is 2.38 bits per heavy atom. The summed E-state index contributed by atoms with van der Waals surface area (Å²) in [4.78, 5) is 21.1. The highest BCUT2D eigenvalue weighted by Crippen LogP contribution is 2.02. The first kappa shape index (κ1) is 9.37. The van der Waals surface area contributed by atoms with Crippen LogP contribution in [0.3, 0.4) is 0 Å². The van der Waals surface area contributed by atoms with Gasteiger partial charge in [0.2, 0.25) is 0 Å². The van der Waals surface area contributed by atoms with E-state index in [2.05, 4.69) is 5.10 Å². The van der Waals surface area contributed by atoms with Crippen molar-refractivity contribution in [3.63, 3.8) is 0 Å². The van der Waals surface area contributed by atoms with Gasteiger partial charge in [-0.15, -0.1) is 0 Å². The minimum Gasteiger partial charge on any atom is -0.478 e. The lowest BCUT2D eigenvalue weighted by atomic mass is 10.3. The second-order valence-electron chi connectivity index (χ2n) is 2.49. The van der Waals surface area contributed by atoms with Gasteiger partial charge in [0.1, 0.15) is 0 Å². The molecule has 0 aliphatic heterocycles. The van der Waals surface area contributed by atoms with Gasteiger partial charge in [0, 0.05) is 6.07 Å². The fourth-order valence-electron chi connectivity index (χ4n) is 0.783. The Morgan fingerprint density at radius 3 is 2.85 bits per heavy atom. The molecule has 0 aromatic carbocycles. The molecule has 1 heterocycles. The Balaban J connectivity index is 3.16. The minimum atomic E-state index is -2.42. The third-order valence-corrected chi connectivity index (χ3v) is 1.38. The number of aromatic nitrogens is 2. The first-order valence-corrected chi connectivity index (χ1v) is 3.44. The van der Waals surface area contributed by atoms with E-state index in [1.54, 1.807) is 6.92 Å². The molecule has 0 aliphatic rings. The number of carboxylic acid groups (broad SMARTS) is 1. The van der Waals surface area contributed by atoms with E-state index in [1.165, 1.54) is 6.20 Å². The second kappa shape index (κ2) is 3.34. The van der Waals surface area contributed by atoms with E-state index in [9.17, 15) is 14.0 Å². The number of aryl methyl sites for hydroxylation is 1. The van der Waals surface area contributed by atoms with Crippen molar-refractivity contribution in [2.45, 2.75) is 13.2 Å². The number of alkyl halides is 1. The lowest BCUT2D eigenvalue weighted by Crippen LogP contribution is -2.28. The van der Waals surface area contributed by atoms with Crippen LogP contribution in [-0.4, -0.2) is 20.9 Å². The van der Waals surface area contributed by atoms with Crippen LogP contribution in [-0.2, 0) is 4.79 Å².